The van der Waals surface area contributed by atoms with E-state index in [1.54, 1.807) is 12.2 Å². The van der Waals surface area contributed by atoms with Crippen molar-refractivity contribution in [1.29, 1.82) is 0 Å². The summed E-state index contributed by atoms with van der Waals surface area (Å²) in [6, 6.07) is -0.484. The first kappa shape index (κ1) is 7.20. The van der Waals surface area contributed by atoms with E-state index in [-0.39, 0.29) is 0 Å². The van der Waals surface area contributed by atoms with Crippen molar-refractivity contribution in [3.63, 3.8) is 0 Å². The van der Waals surface area contributed by atoms with Crippen LogP contribution in [0.15, 0.2) is 12.2 Å². The van der Waals surface area contributed by atoms with Crippen LogP contribution >= 0.6 is 0 Å². The lowest BCUT2D eigenvalue weighted by Gasteiger charge is -2.07. The summed E-state index contributed by atoms with van der Waals surface area (Å²) in [6.45, 7) is 0.427. The molecule has 1 rings (SSSR count). The van der Waals surface area contributed by atoms with Crippen molar-refractivity contribution in [2.24, 2.45) is 5.73 Å². The highest BCUT2D eigenvalue weighted by Gasteiger charge is 2.11. The zero-order valence-corrected chi connectivity index (χ0v) is 5.33. The van der Waals surface area contributed by atoms with E-state index in [1.165, 1.54) is 0 Å². The van der Waals surface area contributed by atoms with Crippen LogP contribution in [0.25, 0.3) is 0 Å². The maximum atomic E-state index is 10.5. The summed E-state index contributed by atoms with van der Waals surface area (Å²) < 4.78 is 0. The third-order valence-electron chi connectivity index (χ3n) is 1.10. The molecule has 0 saturated carbocycles. The zero-order chi connectivity index (χ0) is 7.40. The molecule has 1 heterocycles. The van der Waals surface area contributed by atoms with Crippen LogP contribution < -0.4 is 16.7 Å². The number of hydrogen-bond acceptors (Lipinski definition) is 4. The first-order valence-corrected chi connectivity index (χ1v) is 2.89. The third-order valence-corrected chi connectivity index (χ3v) is 1.10. The molecule has 1 amide bonds. The number of hydrogen-bond donors (Lipinski definition) is 3. The molecule has 4 N–H and O–H groups in total. The molecule has 0 aromatic heterocycles. The summed E-state index contributed by atoms with van der Waals surface area (Å²) in [5.74, 6) is -0.436. The van der Waals surface area contributed by atoms with E-state index in [0.717, 1.165) is 0 Å². The Morgan fingerprint density at radius 1 is 1.80 bits per heavy atom. The summed E-state index contributed by atoms with van der Waals surface area (Å²) in [7, 11) is 0. The van der Waals surface area contributed by atoms with Gasteiger partial charge in [0.2, 0.25) is 5.91 Å². The van der Waals surface area contributed by atoms with E-state index in [9.17, 15) is 4.79 Å². The largest absolute Gasteiger partial charge is 0.368 e. The number of primary amides is 1. The molecule has 56 valence electrons. The maximum absolute atomic E-state index is 10.5. The van der Waals surface area contributed by atoms with Gasteiger partial charge in [-0.05, 0) is 0 Å². The van der Waals surface area contributed by atoms with Crippen molar-refractivity contribution in [2.75, 3.05) is 6.61 Å². The number of amides is 1. The normalized spacial score (nSPS) is 25.8. The molecule has 1 aliphatic heterocycles. The summed E-state index contributed by atoms with van der Waals surface area (Å²) >= 11 is 0. The Morgan fingerprint density at radius 2 is 2.60 bits per heavy atom. The van der Waals surface area contributed by atoms with E-state index >= 15 is 0 Å². The highest BCUT2D eigenvalue weighted by Crippen LogP contribution is 1.87. The molecule has 0 aromatic rings. The Morgan fingerprint density at radius 3 is 3.30 bits per heavy atom. The summed E-state index contributed by atoms with van der Waals surface area (Å²) in [5.41, 5.74) is 9.90. The van der Waals surface area contributed by atoms with Crippen LogP contribution in [0.2, 0.25) is 0 Å². The highest BCUT2D eigenvalue weighted by atomic mass is 16.7. The molecular weight excluding hydrogens is 134 g/mol. The molecule has 5 nitrogen and oxygen atoms in total. The molecule has 0 aliphatic carbocycles. The second kappa shape index (κ2) is 3.31. The van der Waals surface area contributed by atoms with Crippen molar-refractivity contribution in [2.45, 2.75) is 6.04 Å². The van der Waals surface area contributed by atoms with Crippen molar-refractivity contribution in [3.05, 3.63) is 12.2 Å². The third kappa shape index (κ3) is 1.80. The molecular formula is C5H9N3O2. The molecule has 0 fully saturated rings. The van der Waals surface area contributed by atoms with E-state index in [2.05, 4.69) is 11.0 Å². The van der Waals surface area contributed by atoms with Crippen LogP contribution in [0.4, 0.5) is 0 Å². The Bertz CT molecular complexity index is 157. The number of nitrogens with one attached hydrogen (secondary N) is 2. The SMILES string of the molecule is NC(=O)C1C=CCONN1. The van der Waals surface area contributed by atoms with Crippen molar-refractivity contribution < 1.29 is 9.63 Å². The number of rotatable bonds is 1. The fourth-order valence-corrected chi connectivity index (χ4v) is 0.601. The first-order valence-electron chi connectivity index (χ1n) is 2.89. The van der Waals surface area contributed by atoms with Gasteiger partial charge in [0, 0.05) is 0 Å². The van der Waals surface area contributed by atoms with Crippen molar-refractivity contribution >= 4 is 5.91 Å². The van der Waals surface area contributed by atoms with Gasteiger partial charge in [-0.3, -0.25) is 9.63 Å². The van der Waals surface area contributed by atoms with Gasteiger partial charge in [0.15, 0.2) is 0 Å². The lowest BCUT2D eigenvalue weighted by Crippen LogP contribution is -2.45. The van der Waals surface area contributed by atoms with Crippen LogP contribution in [-0.2, 0) is 9.63 Å². The van der Waals surface area contributed by atoms with Gasteiger partial charge < -0.3 is 5.73 Å². The molecule has 1 atom stereocenters. The van der Waals surface area contributed by atoms with Gasteiger partial charge in [0.25, 0.3) is 0 Å². The standard InChI is InChI=1S/C5H9N3O2/c6-5(9)4-2-1-3-10-8-7-4/h1-2,4,7-8H,3H2,(H2,6,9). The van der Waals surface area contributed by atoms with Gasteiger partial charge in [-0.1, -0.05) is 12.2 Å². The molecule has 1 unspecified atom stereocenters. The summed E-state index contributed by atoms with van der Waals surface area (Å²) in [5, 5.41) is 0. The van der Waals surface area contributed by atoms with Gasteiger partial charge in [0.05, 0.1) is 6.61 Å². The highest BCUT2D eigenvalue weighted by molar-refractivity contribution is 5.81. The van der Waals surface area contributed by atoms with E-state index in [4.69, 9.17) is 10.6 Å². The van der Waals surface area contributed by atoms with E-state index < -0.39 is 11.9 Å². The second-order valence-corrected chi connectivity index (χ2v) is 1.87. The smallest absolute Gasteiger partial charge is 0.239 e. The number of hydrazine groups is 1. The second-order valence-electron chi connectivity index (χ2n) is 1.87. The minimum Gasteiger partial charge on any atom is -0.368 e. The van der Waals surface area contributed by atoms with Gasteiger partial charge in [-0.2, -0.15) is 0 Å². The number of carbonyl (C=O) groups excluding carboxylic acids is 1. The zero-order valence-electron chi connectivity index (χ0n) is 5.33. The summed E-state index contributed by atoms with van der Waals surface area (Å²) in [4.78, 5) is 15.2. The minimum atomic E-state index is -0.484. The van der Waals surface area contributed by atoms with E-state index in [0.29, 0.717) is 6.61 Å². The quantitative estimate of drug-likeness (QED) is 0.388. The monoisotopic (exact) mass is 143 g/mol. The van der Waals surface area contributed by atoms with Gasteiger partial charge in [-0.25, -0.2) is 5.43 Å². The topological polar surface area (TPSA) is 76.4 Å². The molecule has 1 aliphatic rings. The lowest BCUT2D eigenvalue weighted by molar-refractivity contribution is -0.120. The van der Waals surface area contributed by atoms with Crippen LogP contribution in [-0.4, -0.2) is 18.6 Å². The minimum absolute atomic E-state index is 0.427. The lowest BCUT2D eigenvalue weighted by atomic mass is 10.3. The van der Waals surface area contributed by atoms with Gasteiger partial charge in [0.1, 0.15) is 6.04 Å². The van der Waals surface area contributed by atoms with Crippen molar-refractivity contribution in [1.82, 2.24) is 11.0 Å². The van der Waals surface area contributed by atoms with E-state index in [1.807, 2.05) is 0 Å². The average Bonchev–Trinajstić information content (AvgIpc) is 2.12. The molecule has 0 radical (unpaired) electrons. The van der Waals surface area contributed by atoms with Crippen LogP contribution in [0.1, 0.15) is 0 Å². The van der Waals surface area contributed by atoms with Crippen LogP contribution in [0.5, 0.6) is 0 Å². The van der Waals surface area contributed by atoms with Crippen LogP contribution in [0, 0.1) is 0 Å². The number of nitrogens with two attached hydrogens (primary N) is 1. The molecule has 5 heteroatoms. The van der Waals surface area contributed by atoms with Gasteiger partial charge in [-0.15, -0.1) is 5.59 Å². The van der Waals surface area contributed by atoms with Crippen LogP contribution in [0.3, 0.4) is 0 Å². The fraction of sp³-hybridized carbons (Fsp3) is 0.400. The molecule has 0 aromatic carbocycles. The predicted octanol–water partition coefficient (Wildman–Crippen LogP) is -1.56. The molecule has 0 saturated heterocycles. The Hall–Kier alpha value is -0.910. The summed E-state index contributed by atoms with van der Waals surface area (Å²) in [6.07, 6.45) is 3.35. The molecule has 10 heavy (non-hydrogen) atoms. The Labute approximate surface area is 58.1 Å². The Kier molecular flexibility index (Phi) is 2.38. The Balaban J connectivity index is 2.49. The number of carbonyl (C=O) groups is 1. The maximum Gasteiger partial charge on any atom is 0.239 e. The molecule has 0 bridgehead atoms. The first-order chi connectivity index (χ1) is 4.80. The van der Waals surface area contributed by atoms with Gasteiger partial charge >= 0.3 is 0 Å². The average molecular weight is 143 g/mol. The van der Waals surface area contributed by atoms with Crippen molar-refractivity contribution in [3.8, 4) is 0 Å². The fourth-order valence-electron chi connectivity index (χ4n) is 0.601. The molecule has 0 spiro atoms. The predicted molar refractivity (Wildman–Crippen MR) is 34.3 cm³/mol.